The summed E-state index contributed by atoms with van der Waals surface area (Å²) in [5.74, 6) is 0. The zero-order valence-electron chi connectivity index (χ0n) is 14.8. The topological polar surface area (TPSA) is 70.6 Å². The first kappa shape index (κ1) is 17.8. The molecule has 2 aliphatic heterocycles. The van der Waals surface area contributed by atoms with Gasteiger partial charge in [0.1, 0.15) is 5.01 Å². The molecule has 2 aromatic rings. The Hall–Kier alpha value is -1.55. The number of rotatable bonds is 3. The molecule has 7 nitrogen and oxygen atoms in total. The van der Waals surface area contributed by atoms with Gasteiger partial charge in [-0.05, 0) is 31.2 Å². The molecule has 1 N–H and O–H groups in total. The Balaban J connectivity index is 1.28. The molecule has 9 heteroatoms. The molecule has 0 bridgehead atoms. The van der Waals surface area contributed by atoms with E-state index in [9.17, 15) is 4.79 Å². The van der Waals surface area contributed by atoms with Gasteiger partial charge in [0.15, 0.2) is 0 Å². The summed E-state index contributed by atoms with van der Waals surface area (Å²) < 4.78 is 5.63. The molecule has 2 aliphatic rings. The molecule has 0 spiro atoms. The van der Waals surface area contributed by atoms with Gasteiger partial charge in [-0.3, -0.25) is 10.2 Å². The Morgan fingerprint density at radius 3 is 2.88 bits per heavy atom. The standard InChI is InChI=1S/C17H23N5O2S2/c1-12-10-22(7-8-24-12)14-2-5-21(6-3-14)17(23)18-16-20-19-15(26-16)13-4-9-25-11-13/h4,9,11-12,14H,2-3,5-8,10H2,1H3,(H,18,20,23). The number of likely N-dealkylation sites (tertiary alicyclic amines) is 1. The average Bonchev–Trinajstić information content (AvgIpc) is 3.33. The molecule has 0 radical (unpaired) electrons. The van der Waals surface area contributed by atoms with Gasteiger partial charge in [0, 0.05) is 43.2 Å². The molecule has 2 saturated heterocycles. The van der Waals surface area contributed by atoms with E-state index in [-0.39, 0.29) is 6.03 Å². The molecule has 2 aromatic heterocycles. The second-order valence-corrected chi connectivity index (χ2v) is 8.51. The normalized spacial score (nSPS) is 22.5. The average molecular weight is 394 g/mol. The Morgan fingerprint density at radius 1 is 1.31 bits per heavy atom. The molecular weight excluding hydrogens is 370 g/mol. The summed E-state index contributed by atoms with van der Waals surface area (Å²) in [6.45, 7) is 6.48. The van der Waals surface area contributed by atoms with Crippen LogP contribution in [-0.4, -0.2) is 71.0 Å². The lowest BCUT2D eigenvalue weighted by Crippen LogP contribution is -2.52. The monoisotopic (exact) mass is 393 g/mol. The van der Waals surface area contributed by atoms with Crippen LogP contribution in [0.5, 0.6) is 0 Å². The van der Waals surface area contributed by atoms with Crippen molar-refractivity contribution in [1.82, 2.24) is 20.0 Å². The maximum atomic E-state index is 12.5. The van der Waals surface area contributed by atoms with Crippen LogP contribution >= 0.6 is 22.7 Å². The molecule has 140 valence electrons. The molecular formula is C17H23N5O2S2. The molecule has 4 rings (SSSR count). The fraction of sp³-hybridized carbons (Fsp3) is 0.588. The van der Waals surface area contributed by atoms with Gasteiger partial charge in [0.2, 0.25) is 5.13 Å². The summed E-state index contributed by atoms with van der Waals surface area (Å²) in [5, 5.41) is 16.6. The largest absolute Gasteiger partial charge is 0.376 e. The van der Waals surface area contributed by atoms with Gasteiger partial charge in [0.05, 0.1) is 12.7 Å². The molecule has 0 aromatic carbocycles. The lowest BCUT2D eigenvalue weighted by Gasteiger charge is -2.41. The molecule has 4 heterocycles. The molecule has 1 unspecified atom stereocenters. The number of thiophene rings is 1. The second kappa shape index (κ2) is 7.99. The lowest BCUT2D eigenvalue weighted by atomic mass is 10.0. The number of nitrogens with one attached hydrogen (secondary N) is 1. The number of aromatic nitrogens is 2. The lowest BCUT2D eigenvalue weighted by molar-refractivity contribution is -0.0415. The number of anilines is 1. The van der Waals surface area contributed by atoms with E-state index in [1.54, 1.807) is 11.3 Å². The van der Waals surface area contributed by atoms with Crippen LogP contribution in [0.4, 0.5) is 9.93 Å². The summed E-state index contributed by atoms with van der Waals surface area (Å²) >= 11 is 3.03. The van der Waals surface area contributed by atoms with Crippen molar-refractivity contribution in [2.24, 2.45) is 0 Å². The Labute approximate surface area is 161 Å². The highest BCUT2D eigenvalue weighted by atomic mass is 32.1. The highest BCUT2D eigenvalue weighted by Crippen LogP contribution is 2.28. The van der Waals surface area contributed by atoms with Gasteiger partial charge in [-0.25, -0.2) is 4.79 Å². The van der Waals surface area contributed by atoms with Crippen molar-refractivity contribution in [1.29, 1.82) is 0 Å². The van der Waals surface area contributed by atoms with Crippen molar-refractivity contribution < 1.29 is 9.53 Å². The van der Waals surface area contributed by atoms with Crippen molar-refractivity contribution in [3.05, 3.63) is 16.8 Å². The first-order valence-electron chi connectivity index (χ1n) is 8.96. The van der Waals surface area contributed by atoms with Crippen LogP contribution in [0, 0.1) is 0 Å². The van der Waals surface area contributed by atoms with E-state index in [0.717, 1.165) is 56.2 Å². The Morgan fingerprint density at radius 2 is 2.15 bits per heavy atom. The first-order chi connectivity index (χ1) is 12.7. The van der Waals surface area contributed by atoms with Crippen LogP contribution in [0.15, 0.2) is 16.8 Å². The van der Waals surface area contributed by atoms with E-state index >= 15 is 0 Å². The fourth-order valence-electron chi connectivity index (χ4n) is 3.56. The number of ether oxygens (including phenoxy) is 1. The van der Waals surface area contributed by atoms with Gasteiger partial charge in [-0.1, -0.05) is 11.3 Å². The maximum Gasteiger partial charge on any atom is 0.323 e. The fourth-order valence-corrected chi connectivity index (χ4v) is 5.00. The molecule has 2 fully saturated rings. The zero-order valence-corrected chi connectivity index (χ0v) is 16.4. The second-order valence-electron chi connectivity index (χ2n) is 6.75. The highest BCUT2D eigenvalue weighted by molar-refractivity contribution is 7.19. The van der Waals surface area contributed by atoms with Gasteiger partial charge in [-0.15, -0.1) is 10.2 Å². The van der Waals surface area contributed by atoms with Crippen LogP contribution in [0.3, 0.4) is 0 Å². The summed E-state index contributed by atoms with van der Waals surface area (Å²) in [7, 11) is 0. The van der Waals surface area contributed by atoms with Crippen molar-refractivity contribution in [3.8, 4) is 10.6 Å². The summed E-state index contributed by atoms with van der Waals surface area (Å²) in [6, 6.07) is 2.48. The summed E-state index contributed by atoms with van der Waals surface area (Å²) in [5.41, 5.74) is 1.05. The number of nitrogens with zero attached hydrogens (tertiary/aromatic N) is 4. The summed E-state index contributed by atoms with van der Waals surface area (Å²) in [6.07, 6.45) is 2.33. The number of morpholine rings is 1. The molecule has 26 heavy (non-hydrogen) atoms. The van der Waals surface area contributed by atoms with Crippen molar-refractivity contribution in [2.45, 2.75) is 31.9 Å². The predicted octanol–water partition coefficient (Wildman–Crippen LogP) is 2.98. The van der Waals surface area contributed by atoms with Crippen molar-refractivity contribution >= 4 is 33.8 Å². The summed E-state index contributed by atoms with van der Waals surface area (Å²) in [4.78, 5) is 16.9. The van der Waals surface area contributed by atoms with Crippen LogP contribution in [0.2, 0.25) is 0 Å². The van der Waals surface area contributed by atoms with E-state index < -0.39 is 0 Å². The molecule has 0 saturated carbocycles. The van der Waals surface area contributed by atoms with Gasteiger partial charge in [-0.2, -0.15) is 11.3 Å². The quantitative estimate of drug-likeness (QED) is 0.868. The van der Waals surface area contributed by atoms with Crippen molar-refractivity contribution in [2.75, 3.05) is 38.1 Å². The van der Waals surface area contributed by atoms with E-state index in [4.69, 9.17) is 4.74 Å². The minimum Gasteiger partial charge on any atom is -0.376 e. The third-order valence-corrected chi connectivity index (χ3v) is 6.52. The Kier molecular flexibility index (Phi) is 5.49. The number of hydrogen-bond donors (Lipinski definition) is 1. The zero-order chi connectivity index (χ0) is 17.9. The third-order valence-electron chi connectivity index (χ3n) is 4.95. The molecule has 2 amide bonds. The van der Waals surface area contributed by atoms with E-state index in [0.29, 0.717) is 17.3 Å². The van der Waals surface area contributed by atoms with E-state index in [1.165, 1.54) is 11.3 Å². The number of carbonyl (C=O) groups is 1. The minimum absolute atomic E-state index is 0.0770. The van der Waals surface area contributed by atoms with E-state index in [2.05, 4.69) is 27.3 Å². The van der Waals surface area contributed by atoms with Crippen LogP contribution in [0.25, 0.3) is 10.6 Å². The number of hydrogen-bond acceptors (Lipinski definition) is 7. The third kappa shape index (κ3) is 4.06. The van der Waals surface area contributed by atoms with Crippen LogP contribution in [0.1, 0.15) is 19.8 Å². The Bertz CT molecular complexity index is 727. The SMILES string of the molecule is CC1CN(C2CCN(C(=O)Nc3nnc(-c4ccsc4)s3)CC2)CCO1. The number of piperidine rings is 1. The van der Waals surface area contributed by atoms with E-state index in [1.807, 2.05) is 21.7 Å². The number of carbonyl (C=O) groups excluding carboxylic acids is 1. The predicted molar refractivity (Wildman–Crippen MR) is 104 cm³/mol. The smallest absolute Gasteiger partial charge is 0.323 e. The van der Waals surface area contributed by atoms with Gasteiger partial charge < -0.3 is 9.64 Å². The minimum atomic E-state index is -0.0770. The van der Waals surface area contributed by atoms with Crippen LogP contribution in [-0.2, 0) is 4.74 Å². The maximum absolute atomic E-state index is 12.5. The number of amides is 2. The molecule has 1 atom stereocenters. The van der Waals surface area contributed by atoms with Gasteiger partial charge >= 0.3 is 6.03 Å². The molecule has 0 aliphatic carbocycles. The van der Waals surface area contributed by atoms with Crippen LogP contribution < -0.4 is 5.32 Å². The highest BCUT2D eigenvalue weighted by Gasteiger charge is 2.29. The van der Waals surface area contributed by atoms with Crippen molar-refractivity contribution in [3.63, 3.8) is 0 Å². The first-order valence-corrected chi connectivity index (χ1v) is 10.7. The van der Waals surface area contributed by atoms with Gasteiger partial charge in [0.25, 0.3) is 0 Å². The number of urea groups is 1.